The normalized spacial score (nSPS) is 19.1. The summed E-state index contributed by atoms with van der Waals surface area (Å²) < 4.78 is 5.50. The van der Waals surface area contributed by atoms with Crippen LogP contribution in [0, 0.1) is 0 Å². The van der Waals surface area contributed by atoms with Crippen LogP contribution in [0.5, 0.6) is 0 Å². The molecule has 1 aliphatic carbocycles. The summed E-state index contributed by atoms with van der Waals surface area (Å²) in [4.78, 5) is 19.2. The van der Waals surface area contributed by atoms with Crippen LogP contribution in [0.25, 0.3) is 11.4 Å². The van der Waals surface area contributed by atoms with E-state index in [-0.39, 0.29) is 11.8 Å². The predicted molar refractivity (Wildman–Crippen MR) is 108 cm³/mol. The van der Waals surface area contributed by atoms with E-state index in [0.717, 1.165) is 24.1 Å². The lowest BCUT2D eigenvalue weighted by Gasteiger charge is -2.25. The summed E-state index contributed by atoms with van der Waals surface area (Å²) in [5.41, 5.74) is 4.48. The first-order valence-electron chi connectivity index (χ1n) is 9.70. The summed E-state index contributed by atoms with van der Waals surface area (Å²) in [5, 5.41) is 4.66. The average molecular weight is 394 g/mol. The first-order valence-corrected chi connectivity index (χ1v) is 10.1. The molecule has 0 N–H and O–H groups in total. The van der Waals surface area contributed by atoms with Crippen LogP contribution < -0.4 is 4.90 Å². The second-order valence-electron chi connectivity index (χ2n) is 7.46. The number of nitrogens with zero attached hydrogens (tertiary/aromatic N) is 3. The van der Waals surface area contributed by atoms with Crippen LogP contribution in [0.3, 0.4) is 0 Å². The van der Waals surface area contributed by atoms with Gasteiger partial charge in [-0.15, -0.1) is 0 Å². The molecule has 5 rings (SSSR count). The molecule has 1 saturated heterocycles. The minimum absolute atomic E-state index is 0.101. The van der Waals surface area contributed by atoms with E-state index < -0.39 is 0 Å². The zero-order valence-corrected chi connectivity index (χ0v) is 16.2. The van der Waals surface area contributed by atoms with Crippen molar-refractivity contribution >= 4 is 23.2 Å². The number of carbonyl (C=O) groups is 1. The maximum atomic E-state index is 12.8. The van der Waals surface area contributed by atoms with Gasteiger partial charge in [-0.3, -0.25) is 4.79 Å². The molecule has 6 heteroatoms. The minimum atomic E-state index is -0.101. The van der Waals surface area contributed by atoms with Crippen LogP contribution in [0.4, 0.5) is 5.69 Å². The molecule has 3 aromatic rings. The predicted octanol–water partition coefficient (Wildman–Crippen LogP) is 4.79. The Labute approximate surface area is 168 Å². The summed E-state index contributed by atoms with van der Waals surface area (Å²) in [7, 11) is 0. The average Bonchev–Trinajstić information content (AvgIpc) is 3.35. The summed E-state index contributed by atoms with van der Waals surface area (Å²) in [5.74, 6) is 0.969. The van der Waals surface area contributed by atoms with Crippen molar-refractivity contribution < 1.29 is 9.32 Å². The van der Waals surface area contributed by atoms with Crippen molar-refractivity contribution in [2.75, 3.05) is 11.4 Å². The number of aryl methyl sites for hydroxylation is 1. The van der Waals surface area contributed by atoms with Crippen molar-refractivity contribution in [3.8, 4) is 11.4 Å². The number of halogens is 1. The number of amides is 1. The molecular formula is C22H20ClN3O2. The Hall–Kier alpha value is -2.66. The summed E-state index contributed by atoms with van der Waals surface area (Å²) in [6.45, 7) is 0.569. The number of aromatic nitrogens is 2. The van der Waals surface area contributed by atoms with Crippen LogP contribution >= 0.6 is 11.6 Å². The van der Waals surface area contributed by atoms with E-state index in [1.165, 1.54) is 24.0 Å². The molecule has 0 radical (unpaired) electrons. The fourth-order valence-electron chi connectivity index (χ4n) is 4.27. The number of benzene rings is 2. The van der Waals surface area contributed by atoms with Gasteiger partial charge in [0.2, 0.25) is 17.6 Å². The molecule has 1 unspecified atom stereocenters. The molecule has 1 amide bonds. The highest BCUT2D eigenvalue weighted by Gasteiger charge is 2.36. The topological polar surface area (TPSA) is 59.2 Å². The number of rotatable bonds is 3. The zero-order valence-electron chi connectivity index (χ0n) is 15.4. The number of hydrogen-bond acceptors (Lipinski definition) is 4. The first-order chi connectivity index (χ1) is 13.7. The zero-order chi connectivity index (χ0) is 19.1. The van der Waals surface area contributed by atoms with Gasteiger partial charge in [0, 0.05) is 24.2 Å². The Kier molecular flexibility index (Phi) is 4.40. The standard InChI is InChI=1S/C22H20ClN3O2/c23-18-10-4-3-9-17(18)21-24-22(28-25-21)15-12-20(27)26(13-15)19-11-5-7-14-6-1-2-8-16(14)19/h3-5,7,9-11,15H,1-2,6,8,12-13H2. The van der Waals surface area contributed by atoms with Gasteiger partial charge in [-0.1, -0.05) is 41.0 Å². The summed E-state index contributed by atoms with van der Waals surface area (Å²) in [6.07, 6.45) is 4.92. The number of carbonyl (C=O) groups excluding carboxylic acids is 1. The third-order valence-electron chi connectivity index (χ3n) is 5.69. The van der Waals surface area contributed by atoms with Gasteiger partial charge in [0.15, 0.2) is 0 Å². The largest absolute Gasteiger partial charge is 0.339 e. The molecule has 1 atom stereocenters. The van der Waals surface area contributed by atoms with Crippen molar-refractivity contribution in [3.05, 3.63) is 64.5 Å². The van der Waals surface area contributed by atoms with Gasteiger partial charge in [0.1, 0.15) is 0 Å². The highest BCUT2D eigenvalue weighted by Crippen LogP contribution is 2.37. The molecule has 5 nitrogen and oxygen atoms in total. The summed E-state index contributed by atoms with van der Waals surface area (Å²) in [6, 6.07) is 13.7. The maximum Gasteiger partial charge on any atom is 0.232 e. The molecule has 1 fully saturated rings. The van der Waals surface area contributed by atoms with Gasteiger partial charge < -0.3 is 9.42 Å². The van der Waals surface area contributed by atoms with Gasteiger partial charge in [-0.2, -0.15) is 4.98 Å². The highest BCUT2D eigenvalue weighted by atomic mass is 35.5. The smallest absolute Gasteiger partial charge is 0.232 e. The fraction of sp³-hybridized carbons (Fsp3) is 0.318. The maximum absolute atomic E-state index is 12.8. The lowest BCUT2D eigenvalue weighted by molar-refractivity contribution is -0.117. The quantitative estimate of drug-likeness (QED) is 0.642. The molecule has 2 aromatic carbocycles. The monoisotopic (exact) mass is 393 g/mol. The molecule has 0 saturated carbocycles. The Morgan fingerprint density at radius 1 is 1.07 bits per heavy atom. The summed E-state index contributed by atoms with van der Waals surface area (Å²) >= 11 is 6.24. The van der Waals surface area contributed by atoms with E-state index in [9.17, 15) is 4.79 Å². The molecule has 1 aromatic heterocycles. The Morgan fingerprint density at radius 3 is 2.82 bits per heavy atom. The van der Waals surface area contributed by atoms with Gasteiger partial charge >= 0.3 is 0 Å². The Bertz CT molecular complexity index is 1050. The molecule has 142 valence electrons. The SMILES string of the molecule is O=C1CC(c2nc(-c3ccccc3Cl)no2)CN1c1cccc2c1CCCC2. The Morgan fingerprint density at radius 2 is 1.93 bits per heavy atom. The molecule has 2 heterocycles. The minimum Gasteiger partial charge on any atom is -0.339 e. The molecule has 1 aliphatic heterocycles. The van der Waals surface area contributed by atoms with Crippen LogP contribution in [0.2, 0.25) is 5.02 Å². The van der Waals surface area contributed by atoms with Crippen LogP contribution in [0.1, 0.15) is 42.2 Å². The number of hydrogen-bond donors (Lipinski definition) is 0. The molecule has 2 aliphatic rings. The molecular weight excluding hydrogens is 374 g/mol. The van der Waals surface area contributed by atoms with Gasteiger partial charge in [0.05, 0.1) is 10.9 Å². The molecule has 28 heavy (non-hydrogen) atoms. The number of fused-ring (bicyclic) bond motifs is 1. The van der Waals surface area contributed by atoms with Crippen molar-refractivity contribution in [3.63, 3.8) is 0 Å². The van der Waals surface area contributed by atoms with Crippen LogP contribution in [-0.2, 0) is 17.6 Å². The van der Waals surface area contributed by atoms with E-state index in [4.69, 9.17) is 16.1 Å². The molecule has 0 bridgehead atoms. The number of anilines is 1. The van der Waals surface area contributed by atoms with Gasteiger partial charge in [-0.25, -0.2) is 0 Å². The Balaban J connectivity index is 1.42. The lowest BCUT2D eigenvalue weighted by atomic mass is 9.90. The van der Waals surface area contributed by atoms with E-state index in [1.54, 1.807) is 6.07 Å². The van der Waals surface area contributed by atoms with Crippen molar-refractivity contribution in [2.45, 2.75) is 38.0 Å². The van der Waals surface area contributed by atoms with Gasteiger partial charge in [-0.05, 0) is 55.0 Å². The highest BCUT2D eigenvalue weighted by molar-refractivity contribution is 6.33. The van der Waals surface area contributed by atoms with Crippen molar-refractivity contribution in [2.24, 2.45) is 0 Å². The van der Waals surface area contributed by atoms with E-state index >= 15 is 0 Å². The van der Waals surface area contributed by atoms with Crippen LogP contribution in [0.15, 0.2) is 47.0 Å². The van der Waals surface area contributed by atoms with Gasteiger partial charge in [0.25, 0.3) is 0 Å². The van der Waals surface area contributed by atoms with Crippen molar-refractivity contribution in [1.82, 2.24) is 10.1 Å². The van der Waals surface area contributed by atoms with Crippen LogP contribution in [-0.4, -0.2) is 22.6 Å². The third kappa shape index (κ3) is 3.00. The van der Waals surface area contributed by atoms with E-state index in [0.29, 0.717) is 29.7 Å². The first kappa shape index (κ1) is 17.4. The van der Waals surface area contributed by atoms with E-state index in [2.05, 4.69) is 28.3 Å². The van der Waals surface area contributed by atoms with Crippen molar-refractivity contribution in [1.29, 1.82) is 0 Å². The molecule has 0 spiro atoms. The lowest BCUT2D eigenvalue weighted by Crippen LogP contribution is -2.26. The van der Waals surface area contributed by atoms with E-state index in [1.807, 2.05) is 23.1 Å². The fourth-order valence-corrected chi connectivity index (χ4v) is 4.49. The third-order valence-corrected chi connectivity index (χ3v) is 6.02. The second kappa shape index (κ2) is 7.06. The second-order valence-corrected chi connectivity index (χ2v) is 7.87.